The van der Waals surface area contributed by atoms with Crippen molar-refractivity contribution in [3.63, 3.8) is 0 Å². The Morgan fingerprint density at radius 2 is 1.12 bits per heavy atom. The summed E-state index contributed by atoms with van der Waals surface area (Å²) in [5.41, 5.74) is 3.21. The van der Waals surface area contributed by atoms with Gasteiger partial charge in [0, 0.05) is 32.9 Å². The molecule has 0 radical (unpaired) electrons. The Morgan fingerprint density at radius 3 is 1.98 bits per heavy atom. The molecule has 0 aliphatic heterocycles. The van der Waals surface area contributed by atoms with E-state index < -0.39 is 54.4 Å². The summed E-state index contributed by atoms with van der Waals surface area (Å²) in [5.74, 6) is 0. The monoisotopic (exact) mass is 648 g/mol. The van der Waals surface area contributed by atoms with Gasteiger partial charge in [0.1, 0.15) is 11.2 Å². The molecule has 0 aliphatic rings. The Hall–Kier alpha value is -6.64. The van der Waals surface area contributed by atoms with Crippen molar-refractivity contribution in [3.8, 4) is 22.3 Å². The van der Waals surface area contributed by atoms with Gasteiger partial charge >= 0.3 is 0 Å². The van der Waals surface area contributed by atoms with Crippen LogP contribution in [-0.2, 0) is 0 Å². The largest absolute Gasteiger partial charge is 0.455 e. The van der Waals surface area contributed by atoms with Gasteiger partial charge in [0.25, 0.3) is 0 Å². The zero-order valence-corrected chi connectivity index (χ0v) is 26.4. The van der Waals surface area contributed by atoms with E-state index >= 15 is 0 Å². The van der Waals surface area contributed by atoms with Crippen molar-refractivity contribution in [1.29, 1.82) is 0 Å². The summed E-state index contributed by atoms with van der Waals surface area (Å²) in [4.78, 5) is 1.26. The first-order chi connectivity index (χ1) is 29.4. The van der Waals surface area contributed by atoms with E-state index in [0.29, 0.717) is 11.1 Å². The van der Waals surface area contributed by atoms with Gasteiger partial charge < -0.3 is 9.32 Å². The number of hydrogen-bond donors (Lipinski definition) is 0. The first-order valence-electron chi connectivity index (χ1n) is 21.7. The second-order valence-electron chi connectivity index (χ2n) is 12.1. The third kappa shape index (κ3) is 4.57. The lowest BCUT2D eigenvalue weighted by Gasteiger charge is -2.27. The lowest BCUT2D eigenvalue weighted by Crippen LogP contribution is -2.10. The third-order valence-electron chi connectivity index (χ3n) is 9.23. The van der Waals surface area contributed by atoms with E-state index in [4.69, 9.17) is 12.6 Å². The molecule has 0 bridgehead atoms. The van der Waals surface area contributed by atoms with Gasteiger partial charge in [-0.25, -0.2) is 0 Å². The van der Waals surface area contributed by atoms with Crippen LogP contribution in [0.2, 0.25) is 0 Å². The smallest absolute Gasteiger partial charge is 0.143 e. The summed E-state index contributed by atoms with van der Waals surface area (Å²) < 4.78 is 106. The van der Waals surface area contributed by atoms with Gasteiger partial charge in [0.15, 0.2) is 0 Å². The van der Waals surface area contributed by atoms with Crippen LogP contribution in [0.5, 0.6) is 0 Å². The third-order valence-corrected chi connectivity index (χ3v) is 9.23. The highest BCUT2D eigenvalue weighted by atomic mass is 16.3. The molecule has 0 spiro atoms. The van der Waals surface area contributed by atoms with Crippen molar-refractivity contribution in [2.24, 2.45) is 0 Å². The fourth-order valence-corrected chi connectivity index (χ4v) is 6.92. The first kappa shape index (κ1) is 19.4. The summed E-state index contributed by atoms with van der Waals surface area (Å²) in [7, 11) is 0. The molecule has 0 atom stereocenters. The van der Waals surface area contributed by atoms with Crippen molar-refractivity contribution in [2.75, 3.05) is 4.90 Å². The maximum absolute atomic E-state index is 9.55. The van der Waals surface area contributed by atoms with Crippen molar-refractivity contribution in [2.45, 2.75) is 0 Å². The zero-order valence-electron chi connectivity index (χ0n) is 37.4. The molecule has 0 saturated carbocycles. The maximum atomic E-state index is 9.55. The van der Waals surface area contributed by atoms with Gasteiger partial charge in [-0.3, -0.25) is 0 Å². The topological polar surface area (TPSA) is 16.4 Å². The highest BCUT2D eigenvalue weighted by molar-refractivity contribution is 6.19. The predicted octanol–water partition coefficient (Wildman–Crippen LogP) is 13.8. The number of benzene rings is 9. The Labute approximate surface area is 305 Å². The first-order valence-corrected chi connectivity index (χ1v) is 16.2. The highest BCUT2D eigenvalue weighted by Gasteiger charge is 2.18. The molecule has 1 heterocycles. The van der Waals surface area contributed by atoms with E-state index in [0.717, 1.165) is 49.0 Å². The average Bonchev–Trinajstić information content (AvgIpc) is 3.68. The Morgan fingerprint density at radius 1 is 0.420 bits per heavy atom. The number of hydrogen-bond acceptors (Lipinski definition) is 2. The number of nitrogens with zero attached hydrogens (tertiary/aromatic N) is 1. The SMILES string of the molecule is [2H]c1c([2H])c(N(c2ccc(-c3cccc4oc5c6ccccc6ccc5c34)cc2)c2c([2H])c([2H])c([2H])c3c([2H])c([2H])c([2H])c([2H])c23)c([2H])c([2H])c1-c1cccc2ccccc12. The van der Waals surface area contributed by atoms with Gasteiger partial charge in [-0.05, 0) is 86.2 Å². The van der Waals surface area contributed by atoms with Crippen LogP contribution in [0.1, 0.15) is 15.1 Å². The number of furan rings is 1. The van der Waals surface area contributed by atoms with Crippen LogP contribution in [0.15, 0.2) is 192 Å². The zero-order chi connectivity index (χ0) is 42.6. The van der Waals surface area contributed by atoms with Gasteiger partial charge in [0.05, 0.1) is 20.8 Å². The fourth-order valence-electron chi connectivity index (χ4n) is 6.92. The van der Waals surface area contributed by atoms with Crippen LogP contribution in [0.25, 0.3) is 76.5 Å². The van der Waals surface area contributed by atoms with Crippen LogP contribution >= 0.6 is 0 Å². The molecule has 0 fully saturated rings. The molecule has 0 amide bonds. The lowest BCUT2D eigenvalue weighted by molar-refractivity contribution is 0.673. The fraction of sp³-hybridized carbons (Fsp3) is 0. The second kappa shape index (κ2) is 11.5. The summed E-state index contributed by atoms with van der Waals surface area (Å²) in [6, 6.07) is 31.7. The van der Waals surface area contributed by atoms with Gasteiger partial charge in [0.2, 0.25) is 0 Å². The van der Waals surface area contributed by atoms with E-state index in [1.807, 2.05) is 84.9 Å². The molecule has 2 nitrogen and oxygen atoms in total. The minimum atomic E-state index is -0.636. The number of fused-ring (bicyclic) bond motifs is 7. The van der Waals surface area contributed by atoms with Crippen LogP contribution in [0.3, 0.4) is 0 Å². The molecule has 0 N–H and O–H groups in total. The molecule has 234 valence electrons. The van der Waals surface area contributed by atoms with E-state index in [-0.39, 0.29) is 45.5 Å². The molecule has 0 aliphatic carbocycles. The van der Waals surface area contributed by atoms with Gasteiger partial charge in [-0.1, -0.05) is 145 Å². The number of rotatable bonds is 5. The van der Waals surface area contributed by atoms with Crippen LogP contribution < -0.4 is 4.90 Å². The highest BCUT2D eigenvalue weighted by Crippen LogP contribution is 2.43. The molecule has 9 aromatic carbocycles. The standard InChI is InChI=1S/C48H31NO/c1-4-15-39-32(10-1)13-7-18-40(39)35-22-27-37(28-23-35)49(45-20-8-14-33-11-2-5-16-41(33)45)38-29-24-36(25-30-38)42-19-9-21-46-47(42)44-31-26-34-12-3-6-17-43(34)48(44)50-46/h1-31H/i2D,5D,8D,11D,14D,16D,20D,22D,23D,27D,28D. The molecule has 50 heavy (non-hydrogen) atoms. The van der Waals surface area contributed by atoms with Crippen molar-refractivity contribution < 1.29 is 19.5 Å². The predicted molar refractivity (Wildman–Crippen MR) is 212 cm³/mol. The molecular formula is C48H31NO. The Bertz CT molecular complexity index is 3470. The van der Waals surface area contributed by atoms with Crippen LogP contribution in [0.4, 0.5) is 17.1 Å². The molecule has 2 heteroatoms. The van der Waals surface area contributed by atoms with Crippen molar-refractivity contribution in [1.82, 2.24) is 0 Å². The summed E-state index contributed by atoms with van der Waals surface area (Å²) in [6.45, 7) is 0. The molecule has 0 saturated heterocycles. The van der Waals surface area contributed by atoms with Crippen LogP contribution in [0, 0.1) is 0 Å². The molecule has 10 rings (SSSR count). The minimum Gasteiger partial charge on any atom is -0.455 e. The molecule has 0 unspecified atom stereocenters. The summed E-state index contributed by atoms with van der Waals surface area (Å²) in [5, 5.41) is 4.81. The quantitative estimate of drug-likeness (QED) is 0.185. The van der Waals surface area contributed by atoms with E-state index in [1.165, 1.54) is 4.90 Å². The Balaban J connectivity index is 1.25. The molecular weight excluding hydrogens is 607 g/mol. The molecule has 1 aromatic heterocycles. The second-order valence-corrected chi connectivity index (χ2v) is 12.1. The van der Waals surface area contributed by atoms with E-state index in [9.17, 15) is 6.85 Å². The van der Waals surface area contributed by atoms with E-state index in [2.05, 4.69) is 0 Å². The lowest BCUT2D eigenvalue weighted by atomic mass is 9.97. The normalized spacial score (nSPS) is 14.7. The minimum absolute atomic E-state index is 0.0552. The van der Waals surface area contributed by atoms with Crippen molar-refractivity contribution >= 4 is 71.3 Å². The van der Waals surface area contributed by atoms with Gasteiger partial charge in [-0.2, -0.15) is 0 Å². The van der Waals surface area contributed by atoms with Crippen LogP contribution in [-0.4, -0.2) is 0 Å². The summed E-state index contributed by atoms with van der Waals surface area (Å²) >= 11 is 0. The average molecular weight is 649 g/mol. The maximum Gasteiger partial charge on any atom is 0.143 e. The van der Waals surface area contributed by atoms with E-state index in [1.54, 1.807) is 36.4 Å². The molecule has 10 aromatic rings. The number of anilines is 3. The summed E-state index contributed by atoms with van der Waals surface area (Å²) in [6.07, 6.45) is 0. The Kier molecular flexibility index (Phi) is 4.46. The van der Waals surface area contributed by atoms with Gasteiger partial charge in [-0.15, -0.1) is 0 Å². The van der Waals surface area contributed by atoms with Crippen molar-refractivity contribution in [3.05, 3.63) is 188 Å².